The number of hydrogen-bond acceptors (Lipinski definition) is 8. The minimum absolute atomic E-state index is 0.0448. The van der Waals surface area contributed by atoms with Gasteiger partial charge < -0.3 is 20.1 Å². The van der Waals surface area contributed by atoms with E-state index in [1.54, 1.807) is 0 Å². The molecule has 10 heteroatoms. The fourth-order valence-corrected chi connectivity index (χ4v) is 9.83. The van der Waals surface area contributed by atoms with Gasteiger partial charge >= 0.3 is 19.8 Å². The second-order valence-electron chi connectivity index (χ2n) is 22.3. The number of rotatable bonds is 63. The molecule has 492 valence electrons. The number of allylic oxidation sites excluding steroid dienone is 28. The maximum atomic E-state index is 12.8. The minimum atomic E-state index is -4.41. The van der Waals surface area contributed by atoms with Gasteiger partial charge in [0.15, 0.2) is 6.10 Å². The van der Waals surface area contributed by atoms with Gasteiger partial charge in [0.2, 0.25) is 0 Å². The van der Waals surface area contributed by atoms with Crippen LogP contribution in [0.3, 0.4) is 0 Å². The zero-order valence-electron chi connectivity index (χ0n) is 55.2. The fourth-order valence-electron chi connectivity index (χ4n) is 9.07. The van der Waals surface area contributed by atoms with Gasteiger partial charge in [0.05, 0.1) is 13.2 Å². The van der Waals surface area contributed by atoms with Crippen LogP contribution in [-0.4, -0.2) is 49.3 Å². The molecule has 0 fully saturated rings. The van der Waals surface area contributed by atoms with Gasteiger partial charge in [-0.15, -0.1) is 0 Å². The monoisotopic (exact) mass is 1220 g/mol. The van der Waals surface area contributed by atoms with Crippen molar-refractivity contribution in [2.75, 3.05) is 26.4 Å². The smallest absolute Gasteiger partial charge is 0.462 e. The first-order chi connectivity index (χ1) is 42.8. The third-order valence-electron chi connectivity index (χ3n) is 14.1. The molecular weight excluding hydrogens is 1100 g/mol. The molecule has 3 N–H and O–H groups in total. The van der Waals surface area contributed by atoms with E-state index in [1.165, 1.54) is 89.9 Å². The highest BCUT2D eigenvalue weighted by Crippen LogP contribution is 2.43. The topological polar surface area (TPSA) is 134 Å². The summed E-state index contributed by atoms with van der Waals surface area (Å²) in [6.45, 7) is 3.51. The van der Waals surface area contributed by atoms with Crippen LogP contribution >= 0.6 is 7.82 Å². The summed E-state index contributed by atoms with van der Waals surface area (Å²) in [6.07, 6.45) is 104. The van der Waals surface area contributed by atoms with E-state index >= 15 is 0 Å². The summed E-state index contributed by atoms with van der Waals surface area (Å²) in [5.74, 6) is -0.841. The van der Waals surface area contributed by atoms with E-state index in [2.05, 4.69) is 184 Å². The maximum Gasteiger partial charge on any atom is 0.472 e. The SMILES string of the molecule is CC/C=C\C/C=C\C/C=C\C/C=C\C/C=C\C/C=C\C/C=C\C/C=C\CCCCCCCCCCCCCCC(=O)OC(COC(=O)CCCCCCCCCCCC/C=C\C/C=C\C/C=C\C/C=C\C/C=C\C/C=C\CC)COP(=O)(O)OCCN. The summed E-state index contributed by atoms with van der Waals surface area (Å²) < 4.78 is 33.2. The van der Waals surface area contributed by atoms with Crippen LogP contribution in [0.4, 0.5) is 0 Å². The van der Waals surface area contributed by atoms with Gasteiger partial charge in [-0.3, -0.25) is 18.6 Å². The number of nitrogens with two attached hydrogens (primary N) is 1. The van der Waals surface area contributed by atoms with Crippen LogP contribution in [0.25, 0.3) is 0 Å². The summed E-state index contributed by atoms with van der Waals surface area (Å²) in [7, 11) is -4.41. The molecule has 0 saturated carbocycles. The Hall–Kier alpha value is -4.63. The van der Waals surface area contributed by atoms with Gasteiger partial charge in [-0.1, -0.05) is 300 Å². The molecule has 0 rings (SSSR count). The molecule has 0 aliphatic rings. The number of phosphoric acid groups is 1. The van der Waals surface area contributed by atoms with Gasteiger partial charge in [-0.2, -0.15) is 0 Å². The number of carbonyl (C=O) groups is 2. The van der Waals surface area contributed by atoms with Crippen molar-refractivity contribution in [2.45, 2.75) is 277 Å². The maximum absolute atomic E-state index is 12.8. The van der Waals surface area contributed by atoms with Crippen molar-refractivity contribution < 1.29 is 37.6 Å². The van der Waals surface area contributed by atoms with Crippen LogP contribution in [0.1, 0.15) is 271 Å². The van der Waals surface area contributed by atoms with Gasteiger partial charge in [-0.05, 0) is 128 Å². The zero-order valence-corrected chi connectivity index (χ0v) is 56.1. The second kappa shape index (κ2) is 70.5. The van der Waals surface area contributed by atoms with E-state index in [0.29, 0.717) is 6.42 Å². The van der Waals surface area contributed by atoms with Gasteiger partial charge in [0.1, 0.15) is 6.61 Å². The first-order valence-electron chi connectivity index (χ1n) is 34.6. The average molecular weight is 1220 g/mol. The van der Waals surface area contributed by atoms with Crippen LogP contribution in [-0.2, 0) is 32.7 Å². The molecule has 0 saturated heterocycles. The van der Waals surface area contributed by atoms with E-state index in [1.807, 2.05) is 0 Å². The average Bonchev–Trinajstić information content (AvgIpc) is 3.65. The van der Waals surface area contributed by atoms with E-state index in [9.17, 15) is 19.0 Å². The first kappa shape index (κ1) is 82.4. The molecule has 0 aromatic rings. The molecule has 0 radical (unpaired) electrons. The number of esters is 2. The number of ether oxygens (including phenoxy) is 2. The number of phosphoric ester groups is 1. The molecule has 0 aromatic carbocycles. The van der Waals surface area contributed by atoms with E-state index in [4.69, 9.17) is 24.3 Å². The highest BCUT2D eigenvalue weighted by Gasteiger charge is 2.26. The van der Waals surface area contributed by atoms with Crippen LogP contribution in [0, 0.1) is 0 Å². The molecule has 0 heterocycles. The number of unbranched alkanes of at least 4 members (excludes halogenated alkanes) is 22. The Bertz CT molecular complexity index is 2030. The third kappa shape index (κ3) is 70.3. The van der Waals surface area contributed by atoms with Crippen molar-refractivity contribution in [1.29, 1.82) is 0 Å². The Morgan fingerprint density at radius 2 is 0.598 bits per heavy atom. The fraction of sp³-hybridized carbons (Fsp3) is 0.610. The molecule has 2 unspecified atom stereocenters. The molecule has 0 aliphatic carbocycles. The normalized spacial score (nSPS) is 14.0. The summed E-state index contributed by atoms with van der Waals surface area (Å²) in [5.41, 5.74) is 5.40. The molecule has 87 heavy (non-hydrogen) atoms. The second-order valence-corrected chi connectivity index (χ2v) is 23.7. The van der Waals surface area contributed by atoms with Crippen LogP contribution in [0.5, 0.6) is 0 Å². The van der Waals surface area contributed by atoms with Gasteiger partial charge in [0.25, 0.3) is 0 Å². The Labute approximate surface area is 533 Å². The summed E-state index contributed by atoms with van der Waals surface area (Å²) in [6, 6.07) is 0. The Morgan fingerprint density at radius 3 is 0.885 bits per heavy atom. The predicted octanol–water partition coefficient (Wildman–Crippen LogP) is 23.0. The van der Waals surface area contributed by atoms with Crippen molar-refractivity contribution in [2.24, 2.45) is 5.73 Å². The van der Waals surface area contributed by atoms with Crippen LogP contribution in [0.2, 0.25) is 0 Å². The number of hydrogen-bond donors (Lipinski definition) is 2. The Balaban J connectivity index is 3.96. The largest absolute Gasteiger partial charge is 0.472 e. The molecule has 0 bridgehead atoms. The lowest BCUT2D eigenvalue weighted by Gasteiger charge is -2.19. The summed E-state index contributed by atoms with van der Waals surface area (Å²) in [5, 5.41) is 0. The Kier molecular flexibility index (Phi) is 66.7. The van der Waals surface area contributed by atoms with E-state index in [-0.39, 0.29) is 32.6 Å². The van der Waals surface area contributed by atoms with E-state index < -0.39 is 32.5 Å². The lowest BCUT2D eigenvalue weighted by molar-refractivity contribution is -0.161. The zero-order chi connectivity index (χ0) is 63.0. The molecule has 0 amide bonds. The van der Waals surface area contributed by atoms with E-state index in [0.717, 1.165) is 148 Å². The van der Waals surface area contributed by atoms with Crippen molar-refractivity contribution in [3.63, 3.8) is 0 Å². The Morgan fingerprint density at radius 1 is 0.345 bits per heavy atom. The van der Waals surface area contributed by atoms with Crippen molar-refractivity contribution >= 4 is 19.8 Å². The molecule has 9 nitrogen and oxygen atoms in total. The standard InChI is InChI=1S/C77H126NO8P/c1-3-5-7-9-11-13-15-17-19-21-23-25-27-29-31-33-34-35-36-37-38-39-40-42-44-46-48-50-52-54-56-58-60-62-64-66-68-70-77(80)86-75(74-85-87(81,82)84-72-71-78)73-83-76(79)69-67-65-63-61-59-57-55-53-51-49-47-45-43-41-32-30-28-26-24-22-20-18-16-14-12-10-8-6-4-2/h5-8,11-14,17-20,23-26,29-32,34-35,37-38,40,42-43,45,75H,3-4,9-10,15-16,21-22,27-28,33,36,39,41,44,46-74,78H2,1-2H3,(H,81,82)/b7-5-,8-6-,13-11-,14-12-,19-17-,20-18-,25-23-,26-24-,31-29-,32-30-,35-34-,38-37-,42-40-,45-43-. The van der Waals surface area contributed by atoms with Gasteiger partial charge in [0, 0.05) is 19.4 Å². The highest BCUT2D eigenvalue weighted by molar-refractivity contribution is 7.47. The highest BCUT2D eigenvalue weighted by atomic mass is 31.2. The molecule has 0 aromatic heterocycles. The molecular formula is C77H126NO8P. The predicted molar refractivity (Wildman–Crippen MR) is 376 cm³/mol. The van der Waals surface area contributed by atoms with Crippen LogP contribution in [0.15, 0.2) is 170 Å². The summed E-state index contributed by atoms with van der Waals surface area (Å²) >= 11 is 0. The molecule has 0 spiro atoms. The number of carbonyl (C=O) groups excluding carboxylic acids is 2. The van der Waals surface area contributed by atoms with Gasteiger partial charge in [-0.25, -0.2) is 4.57 Å². The lowest BCUT2D eigenvalue weighted by Crippen LogP contribution is -2.29. The third-order valence-corrected chi connectivity index (χ3v) is 15.1. The van der Waals surface area contributed by atoms with Crippen LogP contribution < -0.4 is 5.73 Å². The van der Waals surface area contributed by atoms with Crippen molar-refractivity contribution in [3.8, 4) is 0 Å². The van der Waals surface area contributed by atoms with Crippen molar-refractivity contribution in [1.82, 2.24) is 0 Å². The molecule has 0 aliphatic heterocycles. The summed E-state index contributed by atoms with van der Waals surface area (Å²) in [4.78, 5) is 35.4. The van der Waals surface area contributed by atoms with Crippen molar-refractivity contribution in [3.05, 3.63) is 170 Å². The lowest BCUT2D eigenvalue weighted by atomic mass is 10.0. The minimum Gasteiger partial charge on any atom is -0.462 e. The first-order valence-corrected chi connectivity index (χ1v) is 36.1. The quantitative estimate of drug-likeness (QED) is 0.0264. The molecule has 2 atom stereocenters.